The summed E-state index contributed by atoms with van der Waals surface area (Å²) in [6.45, 7) is 0.368. The number of carbonyl (C=O) groups is 1. The smallest absolute Gasteiger partial charge is 0.270 e. The van der Waals surface area contributed by atoms with Gasteiger partial charge in [-0.3, -0.25) is 14.9 Å². The van der Waals surface area contributed by atoms with Crippen molar-refractivity contribution >= 4 is 22.5 Å². The Kier molecular flexibility index (Phi) is 5.07. The molecule has 0 aliphatic rings. The van der Waals surface area contributed by atoms with Crippen LogP contribution in [0.2, 0.25) is 0 Å². The minimum Gasteiger partial charge on any atom is -0.361 e. The van der Waals surface area contributed by atoms with E-state index in [1.54, 1.807) is 6.07 Å². The molecule has 0 saturated heterocycles. The minimum absolute atomic E-state index is 0.0602. The minimum atomic E-state index is -0.504. The molecule has 0 aliphatic heterocycles. The number of aromatic amines is 1. The Morgan fingerprint density at radius 3 is 2.55 bits per heavy atom. The van der Waals surface area contributed by atoms with Crippen LogP contribution in [0.15, 0.2) is 85.1 Å². The number of nitro groups is 1. The van der Waals surface area contributed by atoms with E-state index in [9.17, 15) is 14.9 Å². The number of nitrogens with zero attached hydrogens (tertiary/aromatic N) is 1. The monoisotopic (exact) mass is 385 g/mol. The van der Waals surface area contributed by atoms with E-state index in [2.05, 4.69) is 16.4 Å². The van der Waals surface area contributed by atoms with Gasteiger partial charge >= 0.3 is 0 Å². The molecule has 1 atom stereocenters. The molecular formula is C23H19N3O3. The van der Waals surface area contributed by atoms with E-state index in [4.69, 9.17) is 0 Å². The third-order valence-electron chi connectivity index (χ3n) is 4.98. The van der Waals surface area contributed by atoms with E-state index >= 15 is 0 Å². The number of non-ortho nitro benzene ring substituents is 1. The third kappa shape index (κ3) is 3.87. The molecule has 144 valence electrons. The number of rotatable bonds is 6. The summed E-state index contributed by atoms with van der Waals surface area (Å²) in [7, 11) is 0. The highest BCUT2D eigenvalue weighted by atomic mass is 16.6. The number of nitro benzene ring substituents is 1. The van der Waals surface area contributed by atoms with Crippen molar-refractivity contribution in [3.8, 4) is 0 Å². The van der Waals surface area contributed by atoms with Crippen LogP contribution in [0, 0.1) is 10.1 Å². The number of carbonyl (C=O) groups excluding carboxylic acids is 1. The molecule has 1 unspecified atom stereocenters. The van der Waals surface area contributed by atoms with Crippen LogP contribution in [0.4, 0.5) is 5.69 Å². The first-order chi connectivity index (χ1) is 14.1. The van der Waals surface area contributed by atoms with Crippen LogP contribution in [-0.2, 0) is 0 Å². The van der Waals surface area contributed by atoms with Crippen molar-refractivity contribution in [3.63, 3.8) is 0 Å². The summed E-state index contributed by atoms with van der Waals surface area (Å²) in [5.41, 5.74) is 3.37. The number of aromatic nitrogens is 1. The van der Waals surface area contributed by atoms with Crippen molar-refractivity contribution < 1.29 is 9.72 Å². The number of H-pyrrole nitrogens is 1. The number of para-hydroxylation sites is 1. The molecule has 0 aliphatic carbocycles. The average Bonchev–Trinajstić information content (AvgIpc) is 3.18. The zero-order chi connectivity index (χ0) is 20.2. The highest BCUT2D eigenvalue weighted by Gasteiger charge is 2.20. The van der Waals surface area contributed by atoms with Gasteiger partial charge in [-0.1, -0.05) is 54.6 Å². The Labute approximate surface area is 167 Å². The fourth-order valence-electron chi connectivity index (χ4n) is 3.53. The van der Waals surface area contributed by atoms with Crippen molar-refractivity contribution in [2.24, 2.45) is 0 Å². The lowest BCUT2D eigenvalue weighted by Crippen LogP contribution is -2.28. The van der Waals surface area contributed by atoms with Crippen molar-refractivity contribution in [2.75, 3.05) is 6.54 Å². The molecule has 0 spiro atoms. The van der Waals surface area contributed by atoms with Gasteiger partial charge in [0.2, 0.25) is 0 Å². The summed E-state index contributed by atoms with van der Waals surface area (Å²) in [5, 5.41) is 15.0. The molecule has 0 saturated carbocycles. The highest BCUT2D eigenvalue weighted by molar-refractivity contribution is 5.95. The van der Waals surface area contributed by atoms with Gasteiger partial charge in [-0.25, -0.2) is 0 Å². The van der Waals surface area contributed by atoms with Crippen LogP contribution in [-0.4, -0.2) is 22.4 Å². The standard InChI is InChI=1S/C23H19N3O3/c27-23(17-9-6-10-18(13-17)26(28)29)25-14-20(16-7-2-1-3-8-16)21-15-24-22-12-5-4-11-19(21)22/h1-13,15,20,24H,14H2,(H,25,27). The van der Waals surface area contributed by atoms with Gasteiger partial charge in [0.1, 0.15) is 0 Å². The van der Waals surface area contributed by atoms with Crippen molar-refractivity contribution in [3.05, 3.63) is 112 Å². The molecule has 0 bridgehead atoms. The molecule has 6 heteroatoms. The van der Waals surface area contributed by atoms with Crippen LogP contribution in [0.1, 0.15) is 27.4 Å². The van der Waals surface area contributed by atoms with Crippen molar-refractivity contribution in [2.45, 2.75) is 5.92 Å². The van der Waals surface area contributed by atoms with Gasteiger partial charge in [0.15, 0.2) is 0 Å². The van der Waals surface area contributed by atoms with E-state index < -0.39 is 4.92 Å². The van der Waals surface area contributed by atoms with Gasteiger partial charge in [-0.2, -0.15) is 0 Å². The Bertz CT molecular complexity index is 1170. The lowest BCUT2D eigenvalue weighted by Gasteiger charge is -2.18. The molecule has 1 aromatic heterocycles. The van der Waals surface area contributed by atoms with Crippen molar-refractivity contribution in [1.29, 1.82) is 0 Å². The summed E-state index contributed by atoms with van der Waals surface area (Å²) < 4.78 is 0. The predicted octanol–water partition coefficient (Wildman–Crippen LogP) is 4.64. The quantitative estimate of drug-likeness (QED) is 0.374. The maximum absolute atomic E-state index is 12.6. The second kappa shape index (κ2) is 7.98. The van der Waals surface area contributed by atoms with Gasteiger partial charge in [0.05, 0.1) is 4.92 Å². The van der Waals surface area contributed by atoms with Gasteiger partial charge < -0.3 is 10.3 Å². The number of amides is 1. The normalized spacial score (nSPS) is 11.9. The number of hydrogen-bond acceptors (Lipinski definition) is 3. The maximum Gasteiger partial charge on any atom is 0.270 e. The van der Waals surface area contributed by atoms with E-state index in [0.717, 1.165) is 22.0 Å². The summed E-state index contributed by atoms with van der Waals surface area (Å²) in [5.74, 6) is -0.399. The first-order valence-corrected chi connectivity index (χ1v) is 9.27. The zero-order valence-corrected chi connectivity index (χ0v) is 15.5. The topological polar surface area (TPSA) is 88.0 Å². The van der Waals surface area contributed by atoms with E-state index in [-0.39, 0.29) is 23.1 Å². The van der Waals surface area contributed by atoms with E-state index in [1.807, 2.05) is 54.7 Å². The highest BCUT2D eigenvalue weighted by Crippen LogP contribution is 2.30. The second-order valence-electron chi connectivity index (χ2n) is 6.77. The van der Waals surface area contributed by atoms with Crippen LogP contribution >= 0.6 is 0 Å². The molecular weight excluding hydrogens is 366 g/mol. The van der Waals surface area contributed by atoms with Crippen molar-refractivity contribution in [1.82, 2.24) is 10.3 Å². The predicted molar refractivity (Wildman–Crippen MR) is 112 cm³/mol. The summed E-state index contributed by atoms with van der Waals surface area (Å²) in [6.07, 6.45) is 1.97. The SMILES string of the molecule is O=C(NCC(c1ccccc1)c1c[nH]c2ccccc12)c1cccc([N+](=O)[O-])c1. The van der Waals surface area contributed by atoms with Gasteiger partial charge in [0, 0.05) is 47.3 Å². The molecule has 1 amide bonds. The Morgan fingerprint density at radius 2 is 1.76 bits per heavy atom. The molecule has 4 aromatic rings. The Balaban J connectivity index is 1.62. The Morgan fingerprint density at radius 1 is 1.00 bits per heavy atom. The second-order valence-corrected chi connectivity index (χ2v) is 6.77. The third-order valence-corrected chi connectivity index (χ3v) is 4.98. The van der Waals surface area contributed by atoms with E-state index in [0.29, 0.717) is 6.54 Å². The number of hydrogen-bond donors (Lipinski definition) is 2. The molecule has 4 rings (SSSR count). The van der Waals surface area contributed by atoms with Crippen LogP contribution < -0.4 is 5.32 Å². The van der Waals surface area contributed by atoms with E-state index in [1.165, 1.54) is 18.2 Å². The van der Waals surface area contributed by atoms with Gasteiger partial charge in [-0.05, 0) is 23.3 Å². The average molecular weight is 385 g/mol. The zero-order valence-electron chi connectivity index (χ0n) is 15.5. The fourth-order valence-corrected chi connectivity index (χ4v) is 3.53. The van der Waals surface area contributed by atoms with Crippen LogP contribution in [0.25, 0.3) is 10.9 Å². The lowest BCUT2D eigenvalue weighted by atomic mass is 9.91. The molecule has 3 aromatic carbocycles. The first kappa shape index (κ1) is 18.4. The van der Waals surface area contributed by atoms with Crippen LogP contribution in [0.3, 0.4) is 0 Å². The number of benzene rings is 3. The molecule has 2 N–H and O–H groups in total. The Hall–Kier alpha value is -3.93. The maximum atomic E-state index is 12.6. The lowest BCUT2D eigenvalue weighted by molar-refractivity contribution is -0.384. The summed E-state index contributed by atoms with van der Waals surface area (Å²) in [4.78, 5) is 26.4. The summed E-state index contributed by atoms with van der Waals surface area (Å²) >= 11 is 0. The number of nitrogens with one attached hydrogen (secondary N) is 2. The largest absolute Gasteiger partial charge is 0.361 e. The summed E-state index contributed by atoms with van der Waals surface area (Å²) in [6, 6.07) is 23.8. The van der Waals surface area contributed by atoms with Crippen LogP contribution in [0.5, 0.6) is 0 Å². The molecule has 1 heterocycles. The number of fused-ring (bicyclic) bond motifs is 1. The molecule has 6 nitrogen and oxygen atoms in total. The van der Waals surface area contributed by atoms with Gasteiger partial charge in [-0.15, -0.1) is 0 Å². The van der Waals surface area contributed by atoms with Gasteiger partial charge in [0.25, 0.3) is 11.6 Å². The molecule has 29 heavy (non-hydrogen) atoms. The molecule has 0 radical (unpaired) electrons. The molecule has 0 fully saturated rings. The fraction of sp³-hybridized carbons (Fsp3) is 0.0870. The first-order valence-electron chi connectivity index (χ1n) is 9.27.